The van der Waals surface area contributed by atoms with Crippen LogP contribution in [0.5, 0.6) is 0 Å². The Balaban J connectivity index is 2.50. The van der Waals surface area contributed by atoms with Crippen LogP contribution in [0.4, 0.5) is 5.69 Å². The largest absolute Gasteiger partial charge is 0.478 e. The van der Waals surface area contributed by atoms with Gasteiger partial charge in [0.25, 0.3) is 0 Å². The van der Waals surface area contributed by atoms with Gasteiger partial charge in [-0.3, -0.25) is 0 Å². The Morgan fingerprint density at radius 2 is 2.07 bits per heavy atom. The molecule has 2 N–H and O–H groups in total. The third-order valence-corrected chi connectivity index (χ3v) is 2.18. The molecule has 0 amide bonds. The zero-order valence-electron chi connectivity index (χ0n) is 7.45. The van der Waals surface area contributed by atoms with E-state index in [1.807, 2.05) is 24.3 Å². The maximum atomic E-state index is 10.8. The van der Waals surface area contributed by atoms with Crippen LogP contribution in [-0.4, -0.2) is 11.1 Å². The average molecular weight is 187 g/mol. The summed E-state index contributed by atoms with van der Waals surface area (Å²) in [4.78, 5) is 10.8. The fourth-order valence-electron chi connectivity index (χ4n) is 1.45. The molecular formula is C11H9NO2. The SMILES string of the molecule is C=C1C(C(=O)O)=CNc2ccccc21. The molecule has 0 atom stereocenters. The molecule has 0 saturated carbocycles. The summed E-state index contributed by atoms with van der Waals surface area (Å²) in [6.07, 6.45) is 1.47. The highest BCUT2D eigenvalue weighted by Gasteiger charge is 2.19. The van der Waals surface area contributed by atoms with Gasteiger partial charge in [0.2, 0.25) is 0 Å². The lowest BCUT2D eigenvalue weighted by Crippen LogP contribution is -2.10. The van der Waals surface area contributed by atoms with Gasteiger partial charge in [-0.1, -0.05) is 24.8 Å². The van der Waals surface area contributed by atoms with Gasteiger partial charge in [-0.2, -0.15) is 0 Å². The Kier molecular flexibility index (Phi) is 1.85. The summed E-state index contributed by atoms with van der Waals surface area (Å²) in [6.45, 7) is 3.77. The van der Waals surface area contributed by atoms with E-state index in [-0.39, 0.29) is 5.57 Å². The molecule has 1 heterocycles. The number of carboxylic acids is 1. The summed E-state index contributed by atoms with van der Waals surface area (Å²) in [7, 11) is 0. The number of carbonyl (C=O) groups is 1. The van der Waals surface area contributed by atoms with Crippen molar-refractivity contribution in [3.8, 4) is 0 Å². The topological polar surface area (TPSA) is 49.3 Å². The highest BCUT2D eigenvalue weighted by Crippen LogP contribution is 2.31. The predicted molar refractivity (Wildman–Crippen MR) is 54.8 cm³/mol. The number of fused-ring (bicyclic) bond motifs is 1. The van der Waals surface area contributed by atoms with Gasteiger partial charge < -0.3 is 10.4 Å². The summed E-state index contributed by atoms with van der Waals surface area (Å²) in [5, 5.41) is 11.8. The van der Waals surface area contributed by atoms with E-state index >= 15 is 0 Å². The molecule has 2 rings (SSSR count). The first-order chi connectivity index (χ1) is 6.70. The minimum Gasteiger partial charge on any atom is -0.478 e. The van der Waals surface area contributed by atoms with Crippen LogP contribution >= 0.6 is 0 Å². The Morgan fingerprint density at radius 1 is 1.36 bits per heavy atom. The number of rotatable bonds is 1. The van der Waals surface area contributed by atoms with E-state index in [4.69, 9.17) is 5.11 Å². The van der Waals surface area contributed by atoms with Crippen molar-refractivity contribution in [1.29, 1.82) is 0 Å². The molecule has 0 radical (unpaired) electrons. The number of nitrogens with one attached hydrogen (secondary N) is 1. The normalized spacial score (nSPS) is 14.0. The van der Waals surface area contributed by atoms with Gasteiger partial charge in [0.1, 0.15) is 0 Å². The maximum Gasteiger partial charge on any atom is 0.337 e. The Hall–Kier alpha value is -2.03. The molecule has 1 aliphatic rings. The van der Waals surface area contributed by atoms with E-state index in [1.54, 1.807) is 0 Å². The van der Waals surface area contributed by atoms with Crippen molar-refractivity contribution in [3.63, 3.8) is 0 Å². The fourth-order valence-corrected chi connectivity index (χ4v) is 1.45. The molecule has 0 aromatic heterocycles. The third-order valence-electron chi connectivity index (χ3n) is 2.18. The van der Waals surface area contributed by atoms with Crippen LogP contribution in [0.25, 0.3) is 5.57 Å². The second kappa shape index (κ2) is 3.03. The maximum absolute atomic E-state index is 10.8. The summed E-state index contributed by atoms with van der Waals surface area (Å²) in [5.74, 6) is -0.961. The predicted octanol–water partition coefficient (Wildman–Crippen LogP) is 2.09. The number of anilines is 1. The Labute approximate surface area is 81.4 Å². The van der Waals surface area contributed by atoms with Crippen molar-refractivity contribution in [1.82, 2.24) is 0 Å². The van der Waals surface area contributed by atoms with Crippen molar-refractivity contribution in [3.05, 3.63) is 48.2 Å². The number of aliphatic carboxylic acids is 1. The minimum absolute atomic E-state index is 0.212. The van der Waals surface area contributed by atoms with Gasteiger partial charge in [0.05, 0.1) is 5.57 Å². The van der Waals surface area contributed by atoms with Crippen LogP contribution in [0, 0.1) is 0 Å². The zero-order valence-corrected chi connectivity index (χ0v) is 7.45. The molecule has 70 valence electrons. The van der Waals surface area contributed by atoms with E-state index < -0.39 is 5.97 Å². The zero-order chi connectivity index (χ0) is 10.1. The molecule has 3 heteroatoms. The molecule has 14 heavy (non-hydrogen) atoms. The smallest absolute Gasteiger partial charge is 0.337 e. The summed E-state index contributed by atoms with van der Waals surface area (Å²) >= 11 is 0. The van der Waals surface area contributed by atoms with Gasteiger partial charge in [0.15, 0.2) is 0 Å². The van der Waals surface area contributed by atoms with Gasteiger partial charge in [-0.15, -0.1) is 0 Å². The Bertz CT molecular complexity index is 446. The molecule has 0 unspecified atom stereocenters. The third kappa shape index (κ3) is 1.19. The van der Waals surface area contributed by atoms with Crippen molar-refractivity contribution in [2.75, 3.05) is 5.32 Å². The van der Waals surface area contributed by atoms with Crippen molar-refractivity contribution in [2.45, 2.75) is 0 Å². The number of carboxylic acid groups (broad SMARTS) is 1. The lowest BCUT2D eigenvalue weighted by atomic mass is 9.96. The second-order valence-electron chi connectivity index (χ2n) is 3.03. The molecule has 0 aliphatic carbocycles. The summed E-state index contributed by atoms with van der Waals surface area (Å²) in [6, 6.07) is 7.48. The highest BCUT2D eigenvalue weighted by molar-refractivity contribution is 6.08. The molecule has 1 aromatic rings. The van der Waals surface area contributed by atoms with Crippen molar-refractivity contribution < 1.29 is 9.90 Å². The lowest BCUT2D eigenvalue weighted by molar-refractivity contribution is -0.132. The highest BCUT2D eigenvalue weighted by atomic mass is 16.4. The fraction of sp³-hybridized carbons (Fsp3) is 0. The molecule has 0 fully saturated rings. The number of hydrogen-bond donors (Lipinski definition) is 2. The van der Waals surface area contributed by atoms with Crippen LogP contribution in [0.3, 0.4) is 0 Å². The quantitative estimate of drug-likeness (QED) is 0.707. The molecular weight excluding hydrogens is 178 g/mol. The van der Waals surface area contributed by atoms with E-state index in [9.17, 15) is 4.79 Å². The molecule has 1 aromatic carbocycles. The monoisotopic (exact) mass is 187 g/mol. The van der Waals surface area contributed by atoms with Crippen LogP contribution in [0.2, 0.25) is 0 Å². The number of para-hydroxylation sites is 1. The van der Waals surface area contributed by atoms with Crippen LogP contribution in [-0.2, 0) is 4.79 Å². The summed E-state index contributed by atoms with van der Waals surface area (Å²) < 4.78 is 0. The molecule has 1 aliphatic heterocycles. The minimum atomic E-state index is -0.961. The lowest BCUT2D eigenvalue weighted by Gasteiger charge is -2.17. The second-order valence-corrected chi connectivity index (χ2v) is 3.03. The summed E-state index contributed by atoms with van der Waals surface area (Å²) in [5.41, 5.74) is 2.49. The van der Waals surface area contributed by atoms with Crippen LogP contribution in [0.1, 0.15) is 5.56 Å². The standard InChI is InChI=1S/C11H9NO2/c1-7-8-4-2-3-5-10(8)12-6-9(7)11(13)14/h2-6,12H,1H2,(H,13,14). The molecule has 3 nitrogen and oxygen atoms in total. The van der Waals surface area contributed by atoms with Gasteiger partial charge in [-0.25, -0.2) is 4.79 Å². The van der Waals surface area contributed by atoms with E-state index in [1.165, 1.54) is 6.20 Å². The molecule has 0 spiro atoms. The van der Waals surface area contributed by atoms with Crippen molar-refractivity contribution >= 4 is 17.2 Å². The first-order valence-electron chi connectivity index (χ1n) is 4.19. The van der Waals surface area contributed by atoms with Crippen LogP contribution < -0.4 is 5.32 Å². The van der Waals surface area contributed by atoms with E-state index in [2.05, 4.69) is 11.9 Å². The number of benzene rings is 1. The first-order valence-corrected chi connectivity index (χ1v) is 4.19. The van der Waals surface area contributed by atoms with Gasteiger partial charge >= 0.3 is 5.97 Å². The van der Waals surface area contributed by atoms with Crippen LogP contribution in [0.15, 0.2) is 42.6 Å². The Morgan fingerprint density at radius 3 is 2.79 bits per heavy atom. The van der Waals surface area contributed by atoms with E-state index in [0.717, 1.165) is 11.3 Å². The van der Waals surface area contributed by atoms with Gasteiger partial charge in [-0.05, 0) is 11.6 Å². The van der Waals surface area contributed by atoms with Gasteiger partial charge in [0, 0.05) is 17.5 Å². The number of hydrogen-bond acceptors (Lipinski definition) is 2. The first kappa shape index (κ1) is 8.56. The van der Waals surface area contributed by atoms with Crippen molar-refractivity contribution in [2.24, 2.45) is 0 Å². The average Bonchev–Trinajstić information content (AvgIpc) is 2.18. The van der Waals surface area contributed by atoms with E-state index in [0.29, 0.717) is 5.57 Å². The molecule has 0 saturated heterocycles. The molecule has 0 bridgehead atoms.